The standard InChI is InChI=1S/C28H30FN7O/c1-21-27(36(29)24-17-23(19-31-20-24)34-13-15-37-16-14-34)25-6-2-3-7-26(25)32-28(21)35-11-9-33(10-12-35)22-5-4-8-30-18-22/h2-8,17-20H,9-16H2,1H3. The number of hydrogen-bond donors (Lipinski definition) is 0. The van der Waals surface area contributed by atoms with E-state index in [9.17, 15) is 0 Å². The molecule has 2 aliphatic rings. The van der Waals surface area contributed by atoms with Crippen LogP contribution in [0, 0.1) is 6.92 Å². The molecule has 0 unspecified atom stereocenters. The van der Waals surface area contributed by atoms with E-state index in [4.69, 9.17) is 9.72 Å². The number of hydrogen-bond acceptors (Lipinski definition) is 8. The predicted octanol–water partition coefficient (Wildman–Crippen LogP) is 4.52. The third-order valence-electron chi connectivity index (χ3n) is 7.18. The van der Waals surface area contributed by atoms with Gasteiger partial charge in [0.05, 0.1) is 60.1 Å². The average Bonchev–Trinajstić information content (AvgIpc) is 2.98. The number of piperazine rings is 1. The second-order valence-corrected chi connectivity index (χ2v) is 9.39. The van der Waals surface area contributed by atoms with Gasteiger partial charge in [0.2, 0.25) is 0 Å². The van der Waals surface area contributed by atoms with E-state index in [2.05, 4.69) is 30.7 Å². The van der Waals surface area contributed by atoms with Crippen LogP contribution >= 0.6 is 0 Å². The second-order valence-electron chi connectivity index (χ2n) is 9.39. The van der Waals surface area contributed by atoms with Crippen LogP contribution in [-0.2, 0) is 4.74 Å². The number of pyridine rings is 3. The van der Waals surface area contributed by atoms with Crippen molar-refractivity contribution in [3.05, 3.63) is 72.8 Å². The molecule has 9 heteroatoms. The highest BCUT2D eigenvalue weighted by molar-refractivity contribution is 5.97. The van der Waals surface area contributed by atoms with Gasteiger partial charge in [-0.3, -0.25) is 9.97 Å². The summed E-state index contributed by atoms with van der Waals surface area (Å²) in [5, 5.41) is 1.54. The minimum atomic E-state index is 0.399. The lowest BCUT2D eigenvalue weighted by Crippen LogP contribution is -2.47. The first kappa shape index (κ1) is 23.4. The number of benzene rings is 1. The number of para-hydroxylation sites is 1. The fraction of sp³-hybridized carbons (Fsp3) is 0.321. The summed E-state index contributed by atoms with van der Waals surface area (Å²) in [6, 6.07) is 13.7. The third-order valence-corrected chi connectivity index (χ3v) is 7.18. The largest absolute Gasteiger partial charge is 0.378 e. The maximum Gasteiger partial charge on any atom is 0.134 e. The molecular weight excluding hydrogens is 469 g/mol. The molecular formula is C28H30FN7O. The molecule has 3 aromatic heterocycles. The fourth-order valence-electron chi connectivity index (χ4n) is 5.20. The summed E-state index contributed by atoms with van der Waals surface area (Å²) in [6.07, 6.45) is 7.05. The van der Waals surface area contributed by atoms with Crippen molar-refractivity contribution in [1.82, 2.24) is 15.0 Å². The van der Waals surface area contributed by atoms with E-state index >= 15 is 4.48 Å². The molecule has 1 aromatic carbocycles. The molecule has 190 valence electrons. The minimum absolute atomic E-state index is 0.399. The lowest BCUT2D eigenvalue weighted by Gasteiger charge is -2.37. The molecule has 0 aliphatic carbocycles. The van der Waals surface area contributed by atoms with E-state index in [-0.39, 0.29) is 0 Å². The van der Waals surface area contributed by atoms with Crippen molar-refractivity contribution in [1.29, 1.82) is 0 Å². The van der Waals surface area contributed by atoms with Gasteiger partial charge in [0.15, 0.2) is 0 Å². The van der Waals surface area contributed by atoms with Crippen molar-refractivity contribution in [3.63, 3.8) is 0 Å². The van der Waals surface area contributed by atoms with Crippen LogP contribution in [0.25, 0.3) is 10.9 Å². The van der Waals surface area contributed by atoms with Crippen molar-refractivity contribution in [2.45, 2.75) is 6.92 Å². The van der Waals surface area contributed by atoms with Gasteiger partial charge < -0.3 is 19.4 Å². The van der Waals surface area contributed by atoms with E-state index in [0.29, 0.717) is 24.6 Å². The molecule has 37 heavy (non-hydrogen) atoms. The van der Waals surface area contributed by atoms with Crippen LogP contribution in [0.4, 0.5) is 33.0 Å². The molecule has 2 aliphatic heterocycles. The number of rotatable bonds is 5. The quantitative estimate of drug-likeness (QED) is 0.372. The van der Waals surface area contributed by atoms with Gasteiger partial charge in [0, 0.05) is 56.4 Å². The Hall–Kier alpha value is -3.98. The first-order valence-electron chi connectivity index (χ1n) is 12.7. The summed E-state index contributed by atoms with van der Waals surface area (Å²) in [5.41, 5.74) is 4.51. The van der Waals surface area contributed by atoms with Crippen LogP contribution in [0.3, 0.4) is 0 Å². The lowest BCUT2D eigenvalue weighted by atomic mass is 10.1. The second kappa shape index (κ2) is 10.2. The summed E-state index contributed by atoms with van der Waals surface area (Å²) in [5.74, 6) is 0.819. The molecule has 0 atom stereocenters. The molecule has 8 nitrogen and oxygen atoms in total. The van der Waals surface area contributed by atoms with Gasteiger partial charge in [-0.15, -0.1) is 0 Å². The highest BCUT2D eigenvalue weighted by atomic mass is 19.2. The topological polar surface area (TPSA) is 60.9 Å². The Labute approximate surface area is 215 Å². The number of ether oxygens (including phenoxy) is 1. The molecule has 2 saturated heterocycles. The van der Waals surface area contributed by atoms with E-state index in [1.807, 2.05) is 49.5 Å². The zero-order chi connectivity index (χ0) is 25.2. The van der Waals surface area contributed by atoms with Gasteiger partial charge in [-0.05, 0) is 31.2 Å². The van der Waals surface area contributed by atoms with Gasteiger partial charge in [0.1, 0.15) is 5.82 Å². The Balaban J connectivity index is 1.33. The van der Waals surface area contributed by atoms with Crippen LogP contribution in [-0.4, -0.2) is 67.4 Å². The minimum Gasteiger partial charge on any atom is -0.378 e. The van der Waals surface area contributed by atoms with Gasteiger partial charge in [-0.2, -0.15) is 5.12 Å². The molecule has 0 bridgehead atoms. The molecule has 4 aromatic rings. The molecule has 2 fully saturated rings. The molecule has 0 amide bonds. The first-order valence-corrected chi connectivity index (χ1v) is 12.7. The summed E-state index contributed by atoms with van der Waals surface area (Å²) >= 11 is 0. The SMILES string of the molecule is Cc1c(N2CCN(c3cccnc3)CC2)nc2ccccc2c1N(F)c1cncc(N2CCOCC2)c1. The zero-order valence-corrected chi connectivity index (χ0v) is 20.9. The molecule has 5 heterocycles. The van der Waals surface area contributed by atoms with Gasteiger partial charge in [-0.25, -0.2) is 4.98 Å². The number of nitrogens with zero attached hydrogens (tertiary/aromatic N) is 7. The Morgan fingerprint density at radius 1 is 0.811 bits per heavy atom. The molecule has 0 radical (unpaired) electrons. The monoisotopic (exact) mass is 499 g/mol. The number of fused-ring (bicyclic) bond motifs is 1. The van der Waals surface area contributed by atoms with E-state index < -0.39 is 0 Å². The maximum atomic E-state index is 16.3. The summed E-state index contributed by atoms with van der Waals surface area (Å²) in [6.45, 7) is 8.10. The lowest BCUT2D eigenvalue weighted by molar-refractivity contribution is 0.122. The van der Waals surface area contributed by atoms with Crippen molar-refractivity contribution in [2.24, 2.45) is 0 Å². The summed E-state index contributed by atoms with van der Waals surface area (Å²) < 4.78 is 21.8. The van der Waals surface area contributed by atoms with Gasteiger partial charge in [-0.1, -0.05) is 22.7 Å². The fourth-order valence-corrected chi connectivity index (χ4v) is 5.20. The average molecular weight is 500 g/mol. The van der Waals surface area contributed by atoms with Crippen LogP contribution in [0.1, 0.15) is 5.56 Å². The number of anilines is 5. The Bertz CT molecular complexity index is 1370. The normalized spacial score (nSPS) is 16.3. The van der Waals surface area contributed by atoms with Crippen LogP contribution in [0.15, 0.2) is 67.3 Å². The third kappa shape index (κ3) is 4.62. The Morgan fingerprint density at radius 2 is 1.54 bits per heavy atom. The zero-order valence-electron chi connectivity index (χ0n) is 20.9. The van der Waals surface area contributed by atoms with Crippen molar-refractivity contribution in [2.75, 3.05) is 72.3 Å². The Kier molecular flexibility index (Phi) is 6.44. The predicted molar refractivity (Wildman–Crippen MR) is 146 cm³/mol. The van der Waals surface area contributed by atoms with Gasteiger partial charge in [0.25, 0.3) is 0 Å². The maximum absolute atomic E-state index is 16.3. The summed E-state index contributed by atoms with van der Waals surface area (Å²) in [7, 11) is 0. The Morgan fingerprint density at radius 3 is 2.32 bits per heavy atom. The molecule has 0 N–H and O–H groups in total. The summed E-state index contributed by atoms with van der Waals surface area (Å²) in [4.78, 5) is 20.4. The van der Waals surface area contributed by atoms with Crippen molar-refractivity contribution in [3.8, 4) is 0 Å². The van der Waals surface area contributed by atoms with E-state index in [1.165, 1.54) is 0 Å². The van der Waals surface area contributed by atoms with E-state index in [0.717, 1.165) is 78.0 Å². The number of aromatic nitrogens is 3. The van der Waals surface area contributed by atoms with Crippen LogP contribution < -0.4 is 19.8 Å². The first-order chi connectivity index (χ1) is 18.2. The van der Waals surface area contributed by atoms with Crippen LogP contribution in [0.2, 0.25) is 0 Å². The van der Waals surface area contributed by atoms with E-state index in [1.54, 1.807) is 18.6 Å². The number of halogens is 1. The van der Waals surface area contributed by atoms with Crippen molar-refractivity contribution < 1.29 is 9.22 Å². The highest BCUT2D eigenvalue weighted by Crippen LogP contribution is 2.40. The molecule has 0 saturated carbocycles. The smallest absolute Gasteiger partial charge is 0.134 e. The molecule has 6 rings (SSSR count). The number of morpholine rings is 1. The van der Waals surface area contributed by atoms with Crippen molar-refractivity contribution >= 4 is 39.5 Å². The molecule has 0 spiro atoms. The highest BCUT2D eigenvalue weighted by Gasteiger charge is 2.25. The van der Waals surface area contributed by atoms with Crippen LogP contribution in [0.5, 0.6) is 0 Å². The van der Waals surface area contributed by atoms with Gasteiger partial charge >= 0.3 is 0 Å².